The Kier molecular flexibility index (Phi) is 4.39. The van der Waals surface area contributed by atoms with Crippen molar-refractivity contribution in [2.24, 2.45) is 0 Å². The lowest BCUT2D eigenvalue weighted by molar-refractivity contribution is -0.121. The first-order valence-electron chi connectivity index (χ1n) is 10.3. The molecule has 0 unspecified atom stereocenters. The van der Waals surface area contributed by atoms with Crippen LogP contribution in [0.2, 0.25) is 0 Å². The maximum atomic E-state index is 12.5. The summed E-state index contributed by atoms with van der Waals surface area (Å²) in [4.78, 5) is 22.1. The minimum Gasteiger partial charge on any atom is -0.353 e. The Balaban J connectivity index is 1.49. The molecule has 6 rings (SSSR count). The smallest absolute Gasteiger partial charge is 0.243 e. The van der Waals surface area contributed by atoms with Crippen LogP contribution < -0.4 is 16.0 Å². The lowest BCUT2D eigenvalue weighted by atomic mass is 10.2. The minimum absolute atomic E-state index is 0.0711. The second-order valence-electron chi connectivity index (χ2n) is 7.87. The summed E-state index contributed by atoms with van der Waals surface area (Å²) in [7, 11) is 0. The molecule has 1 amide bonds. The van der Waals surface area contributed by atoms with E-state index in [1.807, 2.05) is 29.1 Å². The van der Waals surface area contributed by atoms with E-state index >= 15 is 0 Å². The van der Waals surface area contributed by atoms with Gasteiger partial charge in [-0.3, -0.25) is 9.48 Å². The van der Waals surface area contributed by atoms with Gasteiger partial charge in [0.1, 0.15) is 6.04 Å². The van der Waals surface area contributed by atoms with Crippen molar-refractivity contribution in [3.8, 4) is 11.4 Å². The van der Waals surface area contributed by atoms with Crippen molar-refractivity contribution in [1.82, 2.24) is 40.0 Å². The summed E-state index contributed by atoms with van der Waals surface area (Å²) in [5.74, 6) is 0.970. The van der Waals surface area contributed by atoms with E-state index in [0.717, 1.165) is 40.3 Å². The molecule has 0 bridgehead atoms. The van der Waals surface area contributed by atoms with Crippen LogP contribution in [0.1, 0.15) is 18.9 Å². The number of carbonyl (C=O) groups excluding carboxylic acids is 1. The average Bonchev–Trinajstić information content (AvgIpc) is 3.38. The third kappa shape index (κ3) is 3.33. The van der Waals surface area contributed by atoms with Gasteiger partial charge in [-0.2, -0.15) is 9.61 Å². The zero-order chi connectivity index (χ0) is 20.9. The molecule has 4 heterocycles. The monoisotopic (exact) mass is 481 g/mol. The molecule has 0 spiro atoms. The van der Waals surface area contributed by atoms with Crippen molar-refractivity contribution in [1.29, 1.82) is 0 Å². The molecule has 2 aliphatic rings. The lowest BCUT2D eigenvalue weighted by Gasteiger charge is -2.17. The first-order chi connectivity index (χ1) is 15.2. The highest BCUT2D eigenvalue weighted by atomic mass is 79.9. The molecule has 1 saturated carbocycles. The number of fused-ring (bicyclic) bond motifs is 3. The van der Waals surface area contributed by atoms with Gasteiger partial charge in [0.15, 0.2) is 11.5 Å². The Morgan fingerprint density at radius 2 is 2.10 bits per heavy atom. The Morgan fingerprint density at radius 3 is 2.97 bits per heavy atom. The Bertz CT molecular complexity index is 1310. The second kappa shape index (κ2) is 7.27. The molecule has 1 aliphatic carbocycles. The van der Waals surface area contributed by atoms with Crippen molar-refractivity contribution in [3.05, 3.63) is 35.1 Å². The number of halogens is 1. The number of aromatic nitrogens is 6. The standard InChI is InChI=1S/C20H20BrN9O/c21-14-3-1-2-13-16(14)26-20(25-15-9-22-6-7-23-19(15)31)30-18(13)27-17(28-30)11-8-24-29(10-11)12-4-5-12/h1-3,8,10,12,15,22H,4-7,9H2,(H,23,31)(H,25,26)/t15-/m1/s1. The fourth-order valence-electron chi connectivity index (χ4n) is 3.81. The van der Waals surface area contributed by atoms with Crippen molar-refractivity contribution in [2.45, 2.75) is 24.9 Å². The summed E-state index contributed by atoms with van der Waals surface area (Å²) in [5, 5.41) is 19.5. The molecule has 31 heavy (non-hydrogen) atoms. The third-order valence-corrected chi connectivity index (χ3v) is 6.24. The molecule has 158 valence electrons. The van der Waals surface area contributed by atoms with Gasteiger partial charge >= 0.3 is 0 Å². The van der Waals surface area contributed by atoms with Crippen LogP contribution in [-0.2, 0) is 4.79 Å². The molecule has 0 radical (unpaired) electrons. The number of carbonyl (C=O) groups is 1. The van der Waals surface area contributed by atoms with Crippen LogP contribution in [0.25, 0.3) is 27.9 Å². The van der Waals surface area contributed by atoms with Crippen LogP contribution >= 0.6 is 15.9 Å². The summed E-state index contributed by atoms with van der Waals surface area (Å²) >= 11 is 3.59. The van der Waals surface area contributed by atoms with E-state index < -0.39 is 6.04 Å². The van der Waals surface area contributed by atoms with Crippen molar-refractivity contribution in [3.63, 3.8) is 0 Å². The summed E-state index contributed by atoms with van der Waals surface area (Å²) in [6.45, 7) is 1.83. The maximum absolute atomic E-state index is 12.5. The van der Waals surface area contributed by atoms with Crippen LogP contribution in [0.5, 0.6) is 0 Å². The Morgan fingerprint density at radius 1 is 1.19 bits per heavy atom. The number of nitrogens with zero attached hydrogens (tertiary/aromatic N) is 6. The van der Waals surface area contributed by atoms with Gasteiger partial charge in [0.2, 0.25) is 11.9 Å². The average molecular weight is 482 g/mol. The maximum Gasteiger partial charge on any atom is 0.243 e. The molecular formula is C20H20BrN9O. The van der Waals surface area contributed by atoms with E-state index in [2.05, 4.69) is 37.0 Å². The first kappa shape index (κ1) is 18.7. The second-order valence-corrected chi connectivity index (χ2v) is 8.73. The van der Waals surface area contributed by atoms with E-state index in [0.29, 0.717) is 36.6 Å². The van der Waals surface area contributed by atoms with Gasteiger partial charge in [-0.25, -0.2) is 9.97 Å². The number of hydrogen-bond acceptors (Lipinski definition) is 7. The number of nitrogens with one attached hydrogen (secondary N) is 3. The largest absolute Gasteiger partial charge is 0.353 e. The van der Waals surface area contributed by atoms with Gasteiger partial charge in [0, 0.05) is 35.7 Å². The molecule has 1 aromatic carbocycles. The SMILES string of the molecule is O=C1NCCNC[C@H]1Nc1nc2c(Br)cccc2c2nc(-c3cnn(C4CC4)c3)nn12. The number of rotatable bonds is 4. The van der Waals surface area contributed by atoms with Crippen molar-refractivity contribution < 1.29 is 4.79 Å². The van der Waals surface area contributed by atoms with Crippen LogP contribution in [0.15, 0.2) is 35.1 Å². The quantitative estimate of drug-likeness (QED) is 0.406. The highest BCUT2D eigenvalue weighted by Gasteiger charge is 2.26. The highest BCUT2D eigenvalue weighted by Crippen LogP contribution is 2.35. The lowest BCUT2D eigenvalue weighted by Crippen LogP contribution is -2.42. The highest BCUT2D eigenvalue weighted by molar-refractivity contribution is 9.10. The predicted molar refractivity (Wildman–Crippen MR) is 119 cm³/mol. The first-order valence-corrected chi connectivity index (χ1v) is 11.1. The van der Waals surface area contributed by atoms with Gasteiger partial charge in [0.25, 0.3) is 0 Å². The summed E-state index contributed by atoms with van der Waals surface area (Å²) < 4.78 is 4.51. The number of anilines is 1. The van der Waals surface area contributed by atoms with Crippen molar-refractivity contribution in [2.75, 3.05) is 25.0 Å². The Hall–Kier alpha value is -3.05. The molecule has 4 aromatic rings. The normalized spacial score (nSPS) is 19.5. The van der Waals surface area contributed by atoms with E-state index in [1.165, 1.54) is 0 Å². The molecule has 11 heteroatoms. The molecule has 1 saturated heterocycles. The molecule has 3 aromatic heterocycles. The summed E-state index contributed by atoms with van der Waals surface area (Å²) in [6.07, 6.45) is 6.11. The number of para-hydroxylation sites is 1. The summed E-state index contributed by atoms with van der Waals surface area (Å²) in [5.41, 5.74) is 2.29. The van der Waals surface area contributed by atoms with E-state index in [9.17, 15) is 4.79 Å². The predicted octanol–water partition coefficient (Wildman–Crippen LogP) is 1.74. The van der Waals surface area contributed by atoms with Crippen LogP contribution in [0, 0.1) is 0 Å². The van der Waals surface area contributed by atoms with Gasteiger partial charge < -0.3 is 16.0 Å². The van der Waals surface area contributed by atoms with Gasteiger partial charge in [-0.05, 0) is 40.9 Å². The van der Waals surface area contributed by atoms with Crippen molar-refractivity contribution >= 4 is 44.3 Å². The minimum atomic E-state index is -0.469. The zero-order valence-corrected chi connectivity index (χ0v) is 18.1. The van der Waals surface area contributed by atoms with Gasteiger partial charge in [-0.1, -0.05) is 6.07 Å². The van der Waals surface area contributed by atoms with Crippen LogP contribution in [-0.4, -0.2) is 60.9 Å². The molecule has 2 fully saturated rings. The fourth-order valence-corrected chi connectivity index (χ4v) is 4.27. The molecule has 10 nitrogen and oxygen atoms in total. The van der Waals surface area contributed by atoms with Crippen LogP contribution in [0.4, 0.5) is 5.95 Å². The number of hydrogen-bond donors (Lipinski definition) is 3. The molecule has 3 N–H and O–H groups in total. The molecule has 1 atom stereocenters. The van der Waals surface area contributed by atoms with Crippen LogP contribution in [0.3, 0.4) is 0 Å². The molecular weight excluding hydrogens is 462 g/mol. The third-order valence-electron chi connectivity index (χ3n) is 5.60. The van der Waals surface area contributed by atoms with Gasteiger partial charge in [-0.15, -0.1) is 5.10 Å². The van der Waals surface area contributed by atoms with Gasteiger partial charge in [0.05, 0.1) is 23.3 Å². The Labute approximate surface area is 185 Å². The molecule has 1 aliphatic heterocycles. The number of amides is 1. The topological polar surface area (TPSA) is 114 Å². The van der Waals surface area contributed by atoms with E-state index in [-0.39, 0.29) is 5.91 Å². The summed E-state index contributed by atoms with van der Waals surface area (Å²) in [6, 6.07) is 5.87. The number of benzene rings is 1. The zero-order valence-electron chi connectivity index (χ0n) is 16.5. The van der Waals surface area contributed by atoms with E-state index in [1.54, 1.807) is 10.7 Å². The van der Waals surface area contributed by atoms with E-state index in [4.69, 9.17) is 15.1 Å². The fraction of sp³-hybridized carbons (Fsp3) is 0.350.